The van der Waals surface area contributed by atoms with Gasteiger partial charge < -0.3 is 10.1 Å². The van der Waals surface area contributed by atoms with Gasteiger partial charge in [-0.3, -0.25) is 9.48 Å². The van der Waals surface area contributed by atoms with Crippen molar-refractivity contribution >= 4 is 23.4 Å². The second-order valence-corrected chi connectivity index (χ2v) is 9.33. The zero-order valence-corrected chi connectivity index (χ0v) is 18.2. The normalized spacial score (nSPS) is 16.5. The van der Waals surface area contributed by atoms with Gasteiger partial charge in [0.15, 0.2) is 6.61 Å². The SMILES string of the molecule is Cc1nn(CC2CCSCC2)c(-c2ccc(F)cc2)c1-c1ccc2c(c1)NC(=O)CO2. The van der Waals surface area contributed by atoms with Crippen molar-refractivity contribution in [3.8, 4) is 28.1 Å². The molecule has 0 bridgehead atoms. The van der Waals surface area contributed by atoms with E-state index in [4.69, 9.17) is 9.84 Å². The van der Waals surface area contributed by atoms with Crippen LogP contribution in [0.2, 0.25) is 0 Å². The van der Waals surface area contributed by atoms with Crippen molar-refractivity contribution in [2.75, 3.05) is 23.4 Å². The predicted octanol–water partition coefficient (Wildman–Crippen LogP) is 5.14. The minimum Gasteiger partial charge on any atom is -0.482 e. The molecule has 1 saturated heterocycles. The third-order valence-electron chi connectivity index (χ3n) is 5.92. The van der Waals surface area contributed by atoms with Crippen molar-refractivity contribution in [3.63, 3.8) is 0 Å². The number of aromatic nitrogens is 2. The fourth-order valence-electron chi connectivity index (χ4n) is 4.37. The first-order valence-corrected chi connectivity index (χ1v) is 11.7. The van der Waals surface area contributed by atoms with Crippen molar-refractivity contribution < 1.29 is 13.9 Å². The van der Waals surface area contributed by atoms with Gasteiger partial charge in [-0.2, -0.15) is 16.9 Å². The number of rotatable bonds is 4. The number of nitrogens with one attached hydrogen (secondary N) is 1. The Balaban J connectivity index is 1.62. The van der Waals surface area contributed by atoms with Gasteiger partial charge in [0.2, 0.25) is 0 Å². The highest BCUT2D eigenvalue weighted by atomic mass is 32.2. The molecule has 1 amide bonds. The number of hydrogen-bond acceptors (Lipinski definition) is 4. The van der Waals surface area contributed by atoms with Crippen molar-refractivity contribution in [3.05, 3.63) is 54.0 Å². The molecule has 0 radical (unpaired) electrons. The van der Waals surface area contributed by atoms with Gasteiger partial charge >= 0.3 is 0 Å². The summed E-state index contributed by atoms with van der Waals surface area (Å²) in [6.45, 7) is 2.88. The molecule has 0 unspecified atom stereocenters. The van der Waals surface area contributed by atoms with E-state index in [1.165, 1.54) is 36.5 Å². The molecule has 3 heterocycles. The van der Waals surface area contributed by atoms with Crippen LogP contribution in [0.3, 0.4) is 0 Å². The lowest BCUT2D eigenvalue weighted by molar-refractivity contribution is -0.118. The minimum absolute atomic E-state index is 0.0316. The Morgan fingerprint density at radius 2 is 1.90 bits per heavy atom. The van der Waals surface area contributed by atoms with Gasteiger partial charge in [0.25, 0.3) is 5.91 Å². The van der Waals surface area contributed by atoms with Gasteiger partial charge in [0, 0.05) is 17.7 Å². The van der Waals surface area contributed by atoms with E-state index in [2.05, 4.69) is 10.00 Å². The summed E-state index contributed by atoms with van der Waals surface area (Å²) < 4.78 is 21.3. The van der Waals surface area contributed by atoms with Crippen molar-refractivity contribution in [1.82, 2.24) is 9.78 Å². The summed E-state index contributed by atoms with van der Waals surface area (Å²) in [6, 6.07) is 12.4. The highest BCUT2D eigenvalue weighted by Crippen LogP contribution is 2.40. The van der Waals surface area contributed by atoms with Crippen LogP contribution in [0.5, 0.6) is 5.75 Å². The molecule has 160 valence electrons. The summed E-state index contributed by atoms with van der Waals surface area (Å²) in [5.41, 5.74) is 5.44. The van der Waals surface area contributed by atoms with E-state index in [0.717, 1.165) is 34.6 Å². The summed E-state index contributed by atoms with van der Waals surface area (Å²) >= 11 is 2.01. The maximum atomic E-state index is 13.7. The molecule has 1 aromatic heterocycles. The van der Waals surface area contributed by atoms with Gasteiger partial charge in [-0.1, -0.05) is 6.07 Å². The van der Waals surface area contributed by atoms with Crippen molar-refractivity contribution in [1.29, 1.82) is 0 Å². The molecule has 3 aromatic rings. The first kappa shape index (κ1) is 20.1. The number of thioether (sulfide) groups is 1. The Bertz CT molecular complexity index is 1120. The molecule has 2 aliphatic rings. The van der Waals surface area contributed by atoms with Crippen LogP contribution >= 0.6 is 11.8 Å². The maximum Gasteiger partial charge on any atom is 0.262 e. The fourth-order valence-corrected chi connectivity index (χ4v) is 5.58. The Morgan fingerprint density at radius 3 is 2.68 bits per heavy atom. The molecule has 1 N–H and O–H groups in total. The average Bonchev–Trinajstić information content (AvgIpc) is 3.10. The van der Waals surface area contributed by atoms with Crippen LogP contribution in [0.1, 0.15) is 18.5 Å². The lowest BCUT2D eigenvalue weighted by atomic mass is 9.97. The van der Waals surface area contributed by atoms with Gasteiger partial charge in [-0.25, -0.2) is 4.39 Å². The molecule has 7 heteroatoms. The zero-order valence-electron chi connectivity index (χ0n) is 17.4. The highest BCUT2D eigenvalue weighted by molar-refractivity contribution is 7.99. The number of amides is 1. The number of hydrogen-bond donors (Lipinski definition) is 1. The van der Waals surface area contributed by atoms with E-state index in [-0.39, 0.29) is 18.3 Å². The molecule has 2 aliphatic heterocycles. The van der Waals surface area contributed by atoms with Crippen LogP contribution in [0.25, 0.3) is 22.4 Å². The standard InChI is InChI=1S/C24H24FN3O2S/c1-15-23(18-4-7-21-20(12-18)26-22(29)14-30-21)24(17-2-5-19(25)6-3-17)28(27-15)13-16-8-10-31-11-9-16/h2-7,12,16H,8-11,13-14H2,1H3,(H,26,29). The molecule has 0 spiro atoms. The lowest BCUT2D eigenvalue weighted by Gasteiger charge is -2.22. The molecular weight excluding hydrogens is 413 g/mol. The number of aryl methyl sites for hydroxylation is 1. The summed E-state index contributed by atoms with van der Waals surface area (Å²) in [5.74, 6) is 3.21. The summed E-state index contributed by atoms with van der Waals surface area (Å²) in [7, 11) is 0. The number of anilines is 1. The number of ether oxygens (including phenoxy) is 1. The van der Waals surface area contributed by atoms with E-state index in [9.17, 15) is 9.18 Å². The van der Waals surface area contributed by atoms with E-state index < -0.39 is 0 Å². The summed E-state index contributed by atoms with van der Waals surface area (Å²) in [6.07, 6.45) is 2.37. The smallest absolute Gasteiger partial charge is 0.262 e. The zero-order chi connectivity index (χ0) is 21.4. The van der Waals surface area contributed by atoms with E-state index in [1.807, 2.05) is 49.0 Å². The predicted molar refractivity (Wildman–Crippen MR) is 122 cm³/mol. The highest BCUT2D eigenvalue weighted by Gasteiger charge is 2.24. The van der Waals surface area contributed by atoms with Gasteiger partial charge in [0.05, 0.1) is 17.1 Å². The number of carbonyl (C=O) groups excluding carboxylic acids is 1. The Morgan fingerprint density at radius 1 is 1.16 bits per heavy atom. The largest absolute Gasteiger partial charge is 0.482 e. The average molecular weight is 438 g/mol. The van der Waals surface area contributed by atoms with Gasteiger partial charge in [-0.05, 0) is 79.2 Å². The fraction of sp³-hybridized carbons (Fsp3) is 0.333. The molecule has 5 nitrogen and oxygen atoms in total. The maximum absolute atomic E-state index is 13.7. The molecule has 31 heavy (non-hydrogen) atoms. The van der Waals surface area contributed by atoms with Crippen molar-refractivity contribution in [2.24, 2.45) is 5.92 Å². The molecule has 2 aromatic carbocycles. The van der Waals surface area contributed by atoms with Gasteiger partial charge in [0.1, 0.15) is 11.6 Å². The minimum atomic E-state index is -0.258. The lowest BCUT2D eigenvalue weighted by Crippen LogP contribution is -2.25. The third-order valence-corrected chi connectivity index (χ3v) is 6.97. The van der Waals surface area contributed by atoms with Crippen LogP contribution < -0.4 is 10.1 Å². The van der Waals surface area contributed by atoms with Gasteiger partial charge in [-0.15, -0.1) is 0 Å². The molecule has 0 saturated carbocycles. The molecule has 0 aliphatic carbocycles. The van der Waals surface area contributed by atoms with E-state index >= 15 is 0 Å². The number of benzene rings is 2. The number of nitrogens with zero attached hydrogens (tertiary/aromatic N) is 2. The summed E-state index contributed by atoms with van der Waals surface area (Å²) in [5, 5.41) is 7.79. The van der Waals surface area contributed by atoms with Crippen LogP contribution in [0.4, 0.5) is 10.1 Å². The van der Waals surface area contributed by atoms with E-state index in [0.29, 0.717) is 17.4 Å². The van der Waals surface area contributed by atoms with E-state index in [1.54, 1.807) is 0 Å². The Labute approximate surface area is 185 Å². The Kier molecular flexibility index (Phi) is 5.44. The topological polar surface area (TPSA) is 56.2 Å². The first-order valence-electron chi connectivity index (χ1n) is 10.6. The molecule has 0 atom stereocenters. The first-order chi connectivity index (χ1) is 15.1. The van der Waals surface area contributed by atoms with Crippen molar-refractivity contribution in [2.45, 2.75) is 26.3 Å². The number of halogens is 1. The number of fused-ring (bicyclic) bond motifs is 1. The second-order valence-electron chi connectivity index (χ2n) is 8.10. The second kappa shape index (κ2) is 8.38. The molecular formula is C24H24FN3O2S. The molecule has 5 rings (SSSR count). The van der Waals surface area contributed by atoms with Crippen LogP contribution in [-0.4, -0.2) is 33.8 Å². The van der Waals surface area contributed by atoms with Crippen LogP contribution in [0.15, 0.2) is 42.5 Å². The van der Waals surface area contributed by atoms with Crippen LogP contribution in [0, 0.1) is 18.7 Å². The number of carbonyl (C=O) groups is 1. The third kappa shape index (κ3) is 4.06. The summed E-state index contributed by atoms with van der Waals surface area (Å²) in [4.78, 5) is 11.8. The molecule has 1 fully saturated rings. The quantitative estimate of drug-likeness (QED) is 0.614. The monoisotopic (exact) mass is 437 g/mol. The van der Waals surface area contributed by atoms with Crippen LogP contribution in [-0.2, 0) is 11.3 Å². The Hall–Kier alpha value is -2.80.